The summed E-state index contributed by atoms with van der Waals surface area (Å²) in [6, 6.07) is 0. The molecule has 0 bridgehead atoms. The second kappa shape index (κ2) is 42.4. The molecule has 0 fully saturated rings. The van der Waals surface area contributed by atoms with Crippen LogP contribution in [0.1, 0.15) is 251 Å². The molecule has 0 amide bonds. The fourth-order valence-electron chi connectivity index (χ4n) is 7.02. The Morgan fingerprint density at radius 1 is 0.455 bits per heavy atom. The Labute approximate surface area is 339 Å². The molecule has 0 aliphatic heterocycles. The second-order valence-electron chi connectivity index (χ2n) is 16.1. The summed E-state index contributed by atoms with van der Waals surface area (Å²) in [6.45, 7) is 3.72. The zero-order valence-electron chi connectivity index (χ0n) is 36.1. The molecule has 0 aromatic carbocycles. The highest BCUT2D eigenvalue weighted by atomic mass is 31.2. The van der Waals surface area contributed by atoms with Crippen LogP contribution in [0.2, 0.25) is 0 Å². The Bertz CT molecular complexity index is 904. The SMILES string of the molecule is CCCCCCCC/C=C\CCCCCCCCCCCC(=O)OC(COC(=O)CCCCCCCCCCCCCCCCCCCC)COP(=O)(O)O. The van der Waals surface area contributed by atoms with Gasteiger partial charge >= 0.3 is 19.8 Å². The molecule has 0 aliphatic rings. The van der Waals surface area contributed by atoms with Crippen molar-refractivity contribution in [1.82, 2.24) is 0 Å². The van der Waals surface area contributed by atoms with Gasteiger partial charge in [-0.3, -0.25) is 14.1 Å². The van der Waals surface area contributed by atoms with Crippen molar-refractivity contribution in [3.8, 4) is 0 Å². The number of phosphoric acid groups is 1. The van der Waals surface area contributed by atoms with Gasteiger partial charge in [0.05, 0.1) is 6.61 Å². The predicted molar refractivity (Wildman–Crippen MR) is 230 cm³/mol. The fraction of sp³-hybridized carbons (Fsp3) is 0.913. The van der Waals surface area contributed by atoms with Gasteiger partial charge in [0.25, 0.3) is 0 Å². The van der Waals surface area contributed by atoms with Gasteiger partial charge in [-0.2, -0.15) is 0 Å². The van der Waals surface area contributed by atoms with Gasteiger partial charge in [0, 0.05) is 12.8 Å². The van der Waals surface area contributed by atoms with E-state index in [1.807, 2.05) is 0 Å². The summed E-state index contributed by atoms with van der Waals surface area (Å²) in [5, 5.41) is 0. The van der Waals surface area contributed by atoms with E-state index in [2.05, 4.69) is 30.5 Å². The lowest BCUT2D eigenvalue weighted by Crippen LogP contribution is -2.29. The van der Waals surface area contributed by atoms with Gasteiger partial charge in [-0.05, 0) is 38.5 Å². The molecule has 0 rings (SSSR count). The van der Waals surface area contributed by atoms with Gasteiger partial charge in [0.1, 0.15) is 6.61 Å². The monoisotopic (exact) mass is 801 g/mol. The first kappa shape index (κ1) is 53.8. The average molecular weight is 801 g/mol. The molecule has 8 nitrogen and oxygen atoms in total. The van der Waals surface area contributed by atoms with Gasteiger partial charge in [0.2, 0.25) is 0 Å². The Hall–Kier alpha value is -1.21. The second-order valence-corrected chi connectivity index (χ2v) is 17.3. The predicted octanol–water partition coefficient (Wildman–Crippen LogP) is 14.6. The summed E-state index contributed by atoms with van der Waals surface area (Å²) in [7, 11) is -4.75. The number of esters is 2. The van der Waals surface area contributed by atoms with Crippen LogP contribution in [-0.2, 0) is 28.2 Å². The van der Waals surface area contributed by atoms with Crippen molar-refractivity contribution in [2.75, 3.05) is 13.2 Å². The smallest absolute Gasteiger partial charge is 0.462 e. The number of carbonyl (C=O) groups is 2. The number of allylic oxidation sites excluding steroid dienone is 2. The van der Waals surface area contributed by atoms with Crippen LogP contribution < -0.4 is 0 Å². The van der Waals surface area contributed by atoms with Crippen molar-refractivity contribution in [2.24, 2.45) is 0 Å². The van der Waals surface area contributed by atoms with Crippen molar-refractivity contribution in [3.63, 3.8) is 0 Å². The quantitative estimate of drug-likeness (QED) is 0.0271. The van der Waals surface area contributed by atoms with Gasteiger partial charge < -0.3 is 19.3 Å². The first-order valence-corrected chi connectivity index (χ1v) is 25.0. The maximum absolute atomic E-state index is 12.4. The summed E-state index contributed by atoms with van der Waals surface area (Å²) < 4.78 is 26.5. The highest BCUT2D eigenvalue weighted by Crippen LogP contribution is 2.36. The van der Waals surface area contributed by atoms with Gasteiger partial charge in [0.15, 0.2) is 6.10 Å². The Morgan fingerprint density at radius 3 is 1.11 bits per heavy atom. The van der Waals surface area contributed by atoms with Crippen LogP contribution in [0, 0.1) is 0 Å². The number of ether oxygens (including phenoxy) is 2. The van der Waals surface area contributed by atoms with Crippen molar-refractivity contribution >= 4 is 19.8 Å². The molecule has 1 atom stereocenters. The first-order valence-electron chi connectivity index (χ1n) is 23.5. The maximum Gasteiger partial charge on any atom is 0.469 e. The third-order valence-corrected chi connectivity index (χ3v) is 11.0. The van der Waals surface area contributed by atoms with Crippen LogP contribution in [0.25, 0.3) is 0 Å². The Morgan fingerprint density at radius 2 is 0.764 bits per heavy atom. The molecule has 55 heavy (non-hydrogen) atoms. The highest BCUT2D eigenvalue weighted by molar-refractivity contribution is 7.46. The largest absolute Gasteiger partial charge is 0.469 e. The normalized spacial score (nSPS) is 12.4. The summed E-state index contributed by atoms with van der Waals surface area (Å²) >= 11 is 0. The zero-order chi connectivity index (χ0) is 40.3. The Balaban J connectivity index is 3.82. The van der Waals surface area contributed by atoms with E-state index in [4.69, 9.17) is 19.3 Å². The van der Waals surface area contributed by atoms with E-state index in [-0.39, 0.29) is 19.4 Å². The molecule has 0 heterocycles. The van der Waals surface area contributed by atoms with E-state index in [1.165, 1.54) is 180 Å². The van der Waals surface area contributed by atoms with E-state index in [0.717, 1.165) is 38.5 Å². The highest BCUT2D eigenvalue weighted by Gasteiger charge is 2.23. The molecule has 326 valence electrons. The van der Waals surface area contributed by atoms with Gasteiger partial charge in [-0.1, -0.05) is 212 Å². The number of unbranched alkanes of at least 4 members (excludes halogenated alkanes) is 32. The molecule has 0 saturated carbocycles. The molecule has 2 N–H and O–H groups in total. The Kier molecular flexibility index (Phi) is 41.5. The molecule has 1 unspecified atom stereocenters. The first-order chi connectivity index (χ1) is 26.8. The molecule has 9 heteroatoms. The maximum atomic E-state index is 12.4. The van der Waals surface area contributed by atoms with Crippen LogP contribution in [0.3, 0.4) is 0 Å². The molecular weight excluding hydrogens is 711 g/mol. The van der Waals surface area contributed by atoms with Crippen molar-refractivity contribution < 1.29 is 37.9 Å². The summed E-state index contributed by atoms with van der Waals surface area (Å²) in [4.78, 5) is 43.0. The minimum atomic E-state index is -4.75. The number of hydrogen-bond donors (Lipinski definition) is 2. The van der Waals surface area contributed by atoms with Crippen LogP contribution in [-0.4, -0.2) is 41.0 Å². The number of carbonyl (C=O) groups excluding carboxylic acids is 2. The van der Waals surface area contributed by atoms with Crippen LogP contribution in [0.15, 0.2) is 12.2 Å². The third kappa shape index (κ3) is 45.4. The zero-order valence-corrected chi connectivity index (χ0v) is 37.0. The average Bonchev–Trinajstić information content (AvgIpc) is 3.16. The van der Waals surface area contributed by atoms with Crippen molar-refractivity contribution in [1.29, 1.82) is 0 Å². The van der Waals surface area contributed by atoms with Crippen molar-refractivity contribution in [3.05, 3.63) is 12.2 Å². The molecule has 0 aromatic heterocycles. The standard InChI is InChI=1S/C46H89O8P/c1-3-5-7-9-11-13-15-17-19-21-23-25-27-29-31-33-35-37-39-41-46(48)54-44(43-53-55(49,50)51)42-52-45(47)40-38-36-34-32-30-28-26-24-22-20-18-16-14-12-10-8-6-4-2/h17,19,44H,3-16,18,20-43H2,1-2H3,(H2,49,50,51)/b19-17-. The lowest BCUT2D eigenvalue weighted by molar-refractivity contribution is -0.161. The number of hydrogen-bond acceptors (Lipinski definition) is 6. The summed E-state index contributed by atoms with van der Waals surface area (Å²) in [5.74, 6) is -0.871. The van der Waals surface area contributed by atoms with E-state index in [1.54, 1.807) is 0 Å². The molecule has 0 radical (unpaired) electrons. The van der Waals surface area contributed by atoms with Gasteiger partial charge in [-0.25, -0.2) is 4.57 Å². The van der Waals surface area contributed by atoms with Crippen LogP contribution in [0.5, 0.6) is 0 Å². The van der Waals surface area contributed by atoms with E-state index in [9.17, 15) is 14.2 Å². The molecular formula is C46H89O8P. The minimum Gasteiger partial charge on any atom is -0.462 e. The lowest BCUT2D eigenvalue weighted by atomic mass is 10.0. The molecule has 0 aliphatic carbocycles. The molecule has 0 spiro atoms. The molecule has 0 saturated heterocycles. The number of phosphoric ester groups is 1. The number of rotatable bonds is 44. The summed E-state index contributed by atoms with van der Waals surface area (Å²) in [5.41, 5.74) is 0. The van der Waals surface area contributed by atoms with Crippen LogP contribution in [0.4, 0.5) is 0 Å². The lowest BCUT2D eigenvalue weighted by Gasteiger charge is -2.18. The van der Waals surface area contributed by atoms with Crippen LogP contribution >= 0.6 is 7.82 Å². The topological polar surface area (TPSA) is 119 Å². The third-order valence-electron chi connectivity index (χ3n) is 10.5. The van der Waals surface area contributed by atoms with Gasteiger partial charge in [-0.15, -0.1) is 0 Å². The van der Waals surface area contributed by atoms with E-state index >= 15 is 0 Å². The minimum absolute atomic E-state index is 0.214. The van der Waals surface area contributed by atoms with Crippen molar-refractivity contribution in [2.45, 2.75) is 258 Å². The molecule has 0 aromatic rings. The fourth-order valence-corrected chi connectivity index (χ4v) is 7.38. The summed E-state index contributed by atoms with van der Waals surface area (Å²) in [6.07, 6.45) is 47.9. The van der Waals surface area contributed by atoms with E-state index in [0.29, 0.717) is 6.42 Å². The van der Waals surface area contributed by atoms with E-state index < -0.39 is 32.5 Å².